The molecule has 2 rings (SSSR count). The van der Waals surface area contributed by atoms with E-state index in [4.69, 9.17) is 4.52 Å². The van der Waals surface area contributed by atoms with E-state index >= 15 is 0 Å². The second kappa shape index (κ2) is 1.97. The fourth-order valence-corrected chi connectivity index (χ4v) is 1.26. The minimum absolute atomic E-state index is 0.948. The molecule has 1 aromatic heterocycles. The zero-order valence-electron chi connectivity index (χ0n) is 5.92. The van der Waals surface area contributed by atoms with Crippen LogP contribution in [0.2, 0.25) is 0 Å². The molecular weight excluding hydrogens is 126 g/mol. The van der Waals surface area contributed by atoms with Crippen molar-refractivity contribution in [1.29, 1.82) is 0 Å². The first-order chi connectivity index (χ1) is 4.88. The van der Waals surface area contributed by atoms with Gasteiger partial charge in [-0.1, -0.05) is 11.2 Å². The second-order valence-corrected chi connectivity index (χ2v) is 2.55. The number of fused-ring (bicyclic) bond motifs is 1. The van der Waals surface area contributed by atoms with Crippen LogP contribution in [0.25, 0.3) is 6.08 Å². The Morgan fingerprint density at radius 2 is 2.50 bits per heavy atom. The summed E-state index contributed by atoms with van der Waals surface area (Å²) in [4.78, 5) is 0. The summed E-state index contributed by atoms with van der Waals surface area (Å²) in [5, 5.41) is 3.87. The number of allylic oxidation sites excluding steroid dienone is 1. The first kappa shape index (κ1) is 5.71. The predicted octanol–water partition coefficient (Wildman–Crippen LogP) is 1.94. The Kier molecular flexibility index (Phi) is 1.13. The number of nitrogens with zero attached hydrogens (tertiary/aromatic N) is 1. The Labute approximate surface area is 59.5 Å². The van der Waals surface area contributed by atoms with Crippen LogP contribution in [0.1, 0.15) is 23.4 Å². The topological polar surface area (TPSA) is 26.0 Å². The molecule has 0 amide bonds. The van der Waals surface area contributed by atoms with Crippen molar-refractivity contribution >= 4 is 6.08 Å². The predicted molar refractivity (Wildman–Crippen MR) is 38.6 cm³/mol. The molecule has 0 N–H and O–H groups in total. The molecule has 0 fully saturated rings. The van der Waals surface area contributed by atoms with Crippen molar-refractivity contribution < 1.29 is 4.52 Å². The maximum Gasteiger partial charge on any atom is 0.162 e. The summed E-state index contributed by atoms with van der Waals surface area (Å²) < 4.78 is 5.05. The lowest BCUT2D eigenvalue weighted by molar-refractivity contribution is 0.406. The van der Waals surface area contributed by atoms with Gasteiger partial charge in [0.25, 0.3) is 0 Å². The lowest BCUT2D eigenvalue weighted by atomic mass is 10.0. The van der Waals surface area contributed by atoms with Crippen molar-refractivity contribution in [1.82, 2.24) is 5.16 Å². The molecule has 1 aliphatic carbocycles. The van der Waals surface area contributed by atoms with E-state index in [2.05, 4.69) is 11.2 Å². The fourth-order valence-electron chi connectivity index (χ4n) is 1.26. The smallest absolute Gasteiger partial charge is 0.162 e. The highest BCUT2D eigenvalue weighted by molar-refractivity contribution is 5.51. The van der Waals surface area contributed by atoms with Crippen molar-refractivity contribution in [2.75, 3.05) is 0 Å². The van der Waals surface area contributed by atoms with Gasteiger partial charge in [0.2, 0.25) is 0 Å². The second-order valence-electron chi connectivity index (χ2n) is 2.55. The normalized spacial score (nSPS) is 15.3. The first-order valence-corrected chi connectivity index (χ1v) is 3.49. The van der Waals surface area contributed by atoms with E-state index in [9.17, 15) is 0 Å². The third kappa shape index (κ3) is 0.685. The van der Waals surface area contributed by atoms with Crippen molar-refractivity contribution in [2.45, 2.75) is 19.8 Å². The number of hydrogen-bond acceptors (Lipinski definition) is 2. The summed E-state index contributed by atoms with van der Waals surface area (Å²) in [5.41, 5.74) is 2.32. The minimum Gasteiger partial charge on any atom is -0.356 e. The first-order valence-electron chi connectivity index (χ1n) is 3.49. The van der Waals surface area contributed by atoms with Crippen LogP contribution < -0.4 is 0 Å². The molecule has 10 heavy (non-hydrogen) atoms. The highest BCUT2D eigenvalue weighted by Crippen LogP contribution is 2.21. The van der Waals surface area contributed by atoms with Gasteiger partial charge >= 0.3 is 0 Å². The van der Waals surface area contributed by atoms with E-state index in [1.807, 2.05) is 13.0 Å². The van der Waals surface area contributed by atoms with Crippen LogP contribution in [-0.4, -0.2) is 5.16 Å². The highest BCUT2D eigenvalue weighted by atomic mass is 16.5. The lowest BCUT2D eigenvalue weighted by Gasteiger charge is -2.00. The zero-order valence-corrected chi connectivity index (χ0v) is 5.92. The van der Waals surface area contributed by atoms with Gasteiger partial charge < -0.3 is 4.52 Å². The molecule has 52 valence electrons. The summed E-state index contributed by atoms with van der Waals surface area (Å²) in [6.45, 7) is 1.99. The third-order valence-electron chi connectivity index (χ3n) is 1.85. The molecule has 0 radical (unpaired) electrons. The van der Waals surface area contributed by atoms with Crippen LogP contribution in [0.15, 0.2) is 10.6 Å². The molecule has 0 aromatic carbocycles. The molecular formula is C8H9NO. The number of aryl methyl sites for hydroxylation is 1. The van der Waals surface area contributed by atoms with Crippen LogP contribution in [-0.2, 0) is 6.42 Å². The molecule has 0 bridgehead atoms. The van der Waals surface area contributed by atoms with E-state index < -0.39 is 0 Å². The van der Waals surface area contributed by atoms with Crippen LogP contribution in [0.5, 0.6) is 0 Å². The van der Waals surface area contributed by atoms with Gasteiger partial charge in [-0.15, -0.1) is 0 Å². The monoisotopic (exact) mass is 135 g/mol. The quantitative estimate of drug-likeness (QED) is 0.543. The van der Waals surface area contributed by atoms with Gasteiger partial charge in [0, 0.05) is 5.56 Å². The van der Waals surface area contributed by atoms with Crippen LogP contribution in [0.4, 0.5) is 0 Å². The molecule has 1 aromatic rings. The maximum absolute atomic E-state index is 5.05. The van der Waals surface area contributed by atoms with Gasteiger partial charge in [0.15, 0.2) is 5.76 Å². The van der Waals surface area contributed by atoms with Gasteiger partial charge in [0.05, 0.1) is 5.69 Å². The van der Waals surface area contributed by atoms with E-state index in [0.29, 0.717) is 0 Å². The summed E-state index contributed by atoms with van der Waals surface area (Å²) in [6.07, 6.45) is 6.32. The Morgan fingerprint density at radius 1 is 1.60 bits per heavy atom. The van der Waals surface area contributed by atoms with E-state index in [1.54, 1.807) is 0 Å². The largest absolute Gasteiger partial charge is 0.356 e. The fraction of sp³-hybridized carbons (Fsp3) is 0.375. The number of hydrogen-bond donors (Lipinski definition) is 0. The Hall–Kier alpha value is -1.05. The molecule has 2 nitrogen and oxygen atoms in total. The highest BCUT2D eigenvalue weighted by Gasteiger charge is 2.11. The van der Waals surface area contributed by atoms with Gasteiger partial charge in [-0.3, -0.25) is 0 Å². The average molecular weight is 135 g/mol. The molecule has 1 heterocycles. The summed E-state index contributed by atoms with van der Waals surface area (Å²) in [5.74, 6) is 0.948. The van der Waals surface area contributed by atoms with E-state index in [1.165, 1.54) is 5.56 Å². The zero-order chi connectivity index (χ0) is 6.97. The summed E-state index contributed by atoms with van der Waals surface area (Å²) in [6, 6.07) is 0. The SMILES string of the molecule is Cc1noc2c1CCC=C2. The average Bonchev–Trinajstić information content (AvgIpc) is 2.34. The Morgan fingerprint density at radius 3 is 3.30 bits per heavy atom. The molecule has 2 heteroatoms. The van der Waals surface area contributed by atoms with Crippen molar-refractivity contribution in [3.05, 3.63) is 23.1 Å². The molecule has 0 saturated heterocycles. The van der Waals surface area contributed by atoms with Gasteiger partial charge in [0.1, 0.15) is 0 Å². The lowest BCUT2D eigenvalue weighted by Crippen LogP contribution is -1.90. The van der Waals surface area contributed by atoms with Crippen molar-refractivity contribution in [3.8, 4) is 0 Å². The van der Waals surface area contributed by atoms with Gasteiger partial charge in [-0.2, -0.15) is 0 Å². The van der Waals surface area contributed by atoms with Crippen LogP contribution >= 0.6 is 0 Å². The molecule has 0 atom stereocenters. The molecule has 0 unspecified atom stereocenters. The van der Waals surface area contributed by atoms with Crippen molar-refractivity contribution in [2.24, 2.45) is 0 Å². The van der Waals surface area contributed by atoms with Crippen molar-refractivity contribution in [3.63, 3.8) is 0 Å². The molecule has 1 aliphatic rings. The summed E-state index contributed by atoms with van der Waals surface area (Å²) >= 11 is 0. The maximum atomic E-state index is 5.05. The van der Waals surface area contributed by atoms with Gasteiger partial charge in [-0.25, -0.2) is 0 Å². The minimum atomic E-state index is 0.948. The molecule has 0 spiro atoms. The van der Waals surface area contributed by atoms with Crippen LogP contribution in [0, 0.1) is 6.92 Å². The summed E-state index contributed by atoms with van der Waals surface area (Å²) in [7, 11) is 0. The molecule has 0 saturated carbocycles. The van der Waals surface area contributed by atoms with Crippen LogP contribution in [0.3, 0.4) is 0 Å². The third-order valence-corrected chi connectivity index (χ3v) is 1.85. The van der Waals surface area contributed by atoms with E-state index in [-0.39, 0.29) is 0 Å². The number of rotatable bonds is 0. The number of aromatic nitrogens is 1. The van der Waals surface area contributed by atoms with Gasteiger partial charge in [-0.05, 0) is 25.8 Å². The van der Waals surface area contributed by atoms with E-state index in [0.717, 1.165) is 24.3 Å². The molecule has 0 aliphatic heterocycles. The standard InChI is InChI=1S/C8H9NO/c1-6-7-4-2-3-5-8(7)10-9-6/h3,5H,2,4H2,1H3. The Bertz CT molecular complexity index is 273. The Balaban J connectivity index is 2.57.